The summed E-state index contributed by atoms with van der Waals surface area (Å²) in [6, 6.07) is 7.92. The number of hydrogen-bond donors (Lipinski definition) is 1. The highest BCUT2D eigenvalue weighted by Crippen LogP contribution is 2.37. The summed E-state index contributed by atoms with van der Waals surface area (Å²) in [5, 5.41) is 0. The summed E-state index contributed by atoms with van der Waals surface area (Å²) in [6.45, 7) is 0. The third-order valence-corrected chi connectivity index (χ3v) is 4.09. The van der Waals surface area contributed by atoms with E-state index in [2.05, 4.69) is 6.08 Å². The van der Waals surface area contributed by atoms with Crippen LogP contribution in [0.25, 0.3) is 5.57 Å². The summed E-state index contributed by atoms with van der Waals surface area (Å²) in [6.07, 6.45) is 6.05. The molecule has 0 aliphatic carbocycles. The van der Waals surface area contributed by atoms with Gasteiger partial charge in [0.05, 0.1) is 6.04 Å². The standard InChI is InChI=1S/C15H16N2O2/c16-15(19)11-3-1-2-10(6-11)12-7-13-4-5-14(8-12)17(13)9-18/h1-3,6-7,9,13-14H,4-5,8H2,(H2,16,19). The number of rotatable bonds is 3. The van der Waals surface area contributed by atoms with Crippen molar-refractivity contribution in [1.82, 2.24) is 4.90 Å². The molecule has 0 radical (unpaired) electrons. The molecule has 1 aromatic rings. The van der Waals surface area contributed by atoms with E-state index < -0.39 is 5.91 Å². The molecule has 1 aromatic carbocycles. The summed E-state index contributed by atoms with van der Waals surface area (Å²) in [4.78, 5) is 24.2. The molecule has 0 saturated carbocycles. The van der Waals surface area contributed by atoms with Gasteiger partial charge in [-0.05, 0) is 42.5 Å². The zero-order valence-corrected chi connectivity index (χ0v) is 10.6. The summed E-state index contributed by atoms with van der Waals surface area (Å²) in [5.74, 6) is -0.407. The van der Waals surface area contributed by atoms with Crippen LogP contribution in [0.1, 0.15) is 35.2 Å². The fraction of sp³-hybridized carbons (Fsp3) is 0.333. The summed E-state index contributed by atoms with van der Waals surface area (Å²) in [7, 11) is 0. The third kappa shape index (κ3) is 2.03. The average Bonchev–Trinajstić information content (AvgIpc) is 2.67. The Bertz CT molecular complexity index is 565. The molecule has 1 saturated heterocycles. The fourth-order valence-electron chi connectivity index (χ4n) is 3.11. The maximum absolute atomic E-state index is 11.2. The van der Waals surface area contributed by atoms with Crippen LogP contribution in [0.5, 0.6) is 0 Å². The van der Waals surface area contributed by atoms with Gasteiger partial charge in [-0.1, -0.05) is 18.2 Å². The molecule has 2 aliphatic rings. The van der Waals surface area contributed by atoms with E-state index in [1.807, 2.05) is 23.1 Å². The lowest BCUT2D eigenvalue weighted by Crippen LogP contribution is -2.37. The van der Waals surface area contributed by atoms with E-state index >= 15 is 0 Å². The van der Waals surface area contributed by atoms with E-state index in [1.54, 1.807) is 6.07 Å². The molecular formula is C15H16N2O2. The van der Waals surface area contributed by atoms with Crippen LogP contribution < -0.4 is 5.73 Å². The van der Waals surface area contributed by atoms with Crippen LogP contribution in [0.15, 0.2) is 30.3 Å². The highest BCUT2D eigenvalue weighted by atomic mass is 16.1. The molecule has 2 heterocycles. The van der Waals surface area contributed by atoms with Gasteiger partial charge >= 0.3 is 0 Å². The first-order valence-corrected chi connectivity index (χ1v) is 6.52. The Hall–Kier alpha value is -2.10. The van der Waals surface area contributed by atoms with E-state index in [0.717, 1.165) is 31.2 Å². The molecule has 1 fully saturated rings. The van der Waals surface area contributed by atoms with Crippen molar-refractivity contribution in [3.05, 3.63) is 41.5 Å². The minimum atomic E-state index is -0.407. The summed E-state index contributed by atoms with van der Waals surface area (Å²) in [5.41, 5.74) is 8.10. The second-order valence-electron chi connectivity index (χ2n) is 5.19. The Kier molecular flexibility index (Phi) is 2.85. The molecule has 2 aliphatic heterocycles. The van der Waals surface area contributed by atoms with E-state index in [9.17, 15) is 9.59 Å². The number of carbonyl (C=O) groups excluding carboxylic acids is 2. The zero-order valence-electron chi connectivity index (χ0n) is 10.6. The molecule has 19 heavy (non-hydrogen) atoms. The molecule has 2 bridgehead atoms. The van der Waals surface area contributed by atoms with Crippen LogP contribution in [0.3, 0.4) is 0 Å². The van der Waals surface area contributed by atoms with Gasteiger partial charge in [-0.2, -0.15) is 0 Å². The van der Waals surface area contributed by atoms with Gasteiger partial charge in [-0.3, -0.25) is 9.59 Å². The van der Waals surface area contributed by atoms with Crippen molar-refractivity contribution >= 4 is 17.9 Å². The zero-order chi connectivity index (χ0) is 13.4. The smallest absolute Gasteiger partial charge is 0.248 e. The lowest BCUT2D eigenvalue weighted by Gasteiger charge is -2.30. The molecule has 2 N–H and O–H groups in total. The first-order valence-electron chi connectivity index (χ1n) is 6.52. The van der Waals surface area contributed by atoms with Gasteiger partial charge in [0, 0.05) is 11.6 Å². The first-order chi connectivity index (χ1) is 9.19. The van der Waals surface area contributed by atoms with E-state index in [-0.39, 0.29) is 6.04 Å². The van der Waals surface area contributed by atoms with Gasteiger partial charge in [-0.15, -0.1) is 0 Å². The van der Waals surface area contributed by atoms with Gasteiger partial charge in [-0.25, -0.2) is 0 Å². The van der Waals surface area contributed by atoms with Crippen molar-refractivity contribution < 1.29 is 9.59 Å². The first kappa shape index (κ1) is 12.0. The van der Waals surface area contributed by atoms with Crippen LogP contribution in [0.2, 0.25) is 0 Å². The number of amides is 2. The highest BCUT2D eigenvalue weighted by Gasteiger charge is 2.35. The SMILES string of the molecule is NC(=O)c1cccc(C2=CC3CCC(C2)N3C=O)c1. The molecule has 0 aromatic heterocycles. The Morgan fingerprint density at radius 3 is 2.89 bits per heavy atom. The van der Waals surface area contributed by atoms with Gasteiger partial charge < -0.3 is 10.6 Å². The van der Waals surface area contributed by atoms with Gasteiger partial charge in [0.15, 0.2) is 0 Å². The van der Waals surface area contributed by atoms with E-state index in [4.69, 9.17) is 5.73 Å². The molecule has 2 unspecified atom stereocenters. The largest absolute Gasteiger partial charge is 0.366 e. The van der Waals surface area contributed by atoms with Gasteiger partial charge in [0.2, 0.25) is 12.3 Å². The van der Waals surface area contributed by atoms with Crippen molar-refractivity contribution in [2.45, 2.75) is 31.3 Å². The highest BCUT2D eigenvalue weighted by molar-refractivity contribution is 5.93. The number of carbonyl (C=O) groups is 2. The maximum Gasteiger partial charge on any atom is 0.248 e. The van der Waals surface area contributed by atoms with E-state index in [0.29, 0.717) is 11.6 Å². The van der Waals surface area contributed by atoms with Crippen LogP contribution in [0, 0.1) is 0 Å². The molecule has 98 valence electrons. The number of hydrogen-bond acceptors (Lipinski definition) is 2. The monoisotopic (exact) mass is 256 g/mol. The molecule has 3 rings (SSSR count). The van der Waals surface area contributed by atoms with Crippen molar-refractivity contribution in [2.24, 2.45) is 5.73 Å². The second kappa shape index (κ2) is 4.53. The van der Waals surface area contributed by atoms with Crippen molar-refractivity contribution in [2.75, 3.05) is 0 Å². The normalized spacial score (nSPS) is 25.1. The number of nitrogens with two attached hydrogens (primary N) is 1. The Morgan fingerprint density at radius 2 is 2.21 bits per heavy atom. The minimum Gasteiger partial charge on any atom is -0.366 e. The van der Waals surface area contributed by atoms with Crippen LogP contribution in [-0.4, -0.2) is 29.3 Å². The predicted octanol–water partition coefficient (Wildman–Crippen LogP) is 1.56. The van der Waals surface area contributed by atoms with Crippen molar-refractivity contribution in [3.63, 3.8) is 0 Å². The quantitative estimate of drug-likeness (QED) is 0.834. The van der Waals surface area contributed by atoms with E-state index in [1.165, 1.54) is 5.57 Å². The topological polar surface area (TPSA) is 63.4 Å². The summed E-state index contributed by atoms with van der Waals surface area (Å²) < 4.78 is 0. The molecule has 4 heteroatoms. The molecule has 0 spiro atoms. The van der Waals surface area contributed by atoms with Crippen LogP contribution in [0.4, 0.5) is 0 Å². The maximum atomic E-state index is 11.2. The molecular weight excluding hydrogens is 240 g/mol. The van der Waals surface area contributed by atoms with Gasteiger partial charge in [0.1, 0.15) is 0 Å². The average molecular weight is 256 g/mol. The third-order valence-electron chi connectivity index (χ3n) is 4.09. The van der Waals surface area contributed by atoms with Crippen molar-refractivity contribution in [3.8, 4) is 0 Å². The fourth-order valence-corrected chi connectivity index (χ4v) is 3.11. The molecule has 2 atom stereocenters. The molecule has 2 amide bonds. The second-order valence-corrected chi connectivity index (χ2v) is 5.19. The lowest BCUT2D eigenvalue weighted by atomic mass is 9.94. The lowest BCUT2D eigenvalue weighted by molar-refractivity contribution is -0.120. The minimum absolute atomic E-state index is 0.212. The number of fused-ring (bicyclic) bond motifs is 2. The van der Waals surface area contributed by atoms with Crippen LogP contribution >= 0.6 is 0 Å². The molecule has 4 nitrogen and oxygen atoms in total. The van der Waals surface area contributed by atoms with Crippen LogP contribution in [-0.2, 0) is 4.79 Å². The summed E-state index contributed by atoms with van der Waals surface area (Å²) >= 11 is 0. The number of primary amides is 1. The predicted molar refractivity (Wildman–Crippen MR) is 72.3 cm³/mol. The number of nitrogens with zero attached hydrogens (tertiary/aromatic N) is 1. The van der Waals surface area contributed by atoms with Gasteiger partial charge in [0.25, 0.3) is 0 Å². The van der Waals surface area contributed by atoms with Crippen molar-refractivity contribution in [1.29, 1.82) is 0 Å². The Morgan fingerprint density at radius 1 is 1.37 bits per heavy atom. The Balaban J connectivity index is 1.94. The number of benzene rings is 1. The Labute approximate surface area is 111 Å².